The Labute approximate surface area is 344 Å². The van der Waals surface area contributed by atoms with Gasteiger partial charge in [0.2, 0.25) is 0 Å². The van der Waals surface area contributed by atoms with E-state index in [-0.39, 0.29) is 11.9 Å². The van der Waals surface area contributed by atoms with E-state index in [0.717, 1.165) is 76.3 Å². The summed E-state index contributed by atoms with van der Waals surface area (Å²) in [6.45, 7) is 14.4. The average molecular weight is 762 g/mol. The lowest BCUT2D eigenvalue weighted by atomic mass is 9.97. The number of amides is 1. The van der Waals surface area contributed by atoms with Crippen LogP contribution >= 0.6 is 0 Å². The van der Waals surface area contributed by atoms with E-state index in [4.69, 9.17) is 5.73 Å². The lowest BCUT2D eigenvalue weighted by Gasteiger charge is -2.11. The number of carbonyl (C=O) groups is 1. The number of rotatable bonds is 11. The van der Waals surface area contributed by atoms with Crippen LogP contribution in [0.1, 0.15) is 124 Å². The molecule has 0 aliphatic heterocycles. The first-order valence-electron chi connectivity index (χ1n) is 22.0. The van der Waals surface area contributed by atoms with Crippen LogP contribution in [0.4, 0.5) is 0 Å². The van der Waals surface area contributed by atoms with Crippen molar-refractivity contribution in [2.45, 2.75) is 143 Å². The maximum atomic E-state index is 12.3. The van der Waals surface area contributed by atoms with Gasteiger partial charge in [-0.3, -0.25) is 4.79 Å². The molecule has 4 N–H and O–H groups in total. The van der Waals surface area contributed by atoms with Crippen molar-refractivity contribution in [1.82, 2.24) is 10.6 Å². The highest BCUT2D eigenvalue weighted by molar-refractivity contribution is 5.94. The summed E-state index contributed by atoms with van der Waals surface area (Å²) in [5.41, 5.74) is 26.0. The Balaban J connectivity index is 0.000000148. The number of benzene rings is 5. The summed E-state index contributed by atoms with van der Waals surface area (Å²) < 4.78 is 0. The van der Waals surface area contributed by atoms with Gasteiger partial charge in [0.15, 0.2) is 0 Å². The zero-order valence-electron chi connectivity index (χ0n) is 35.6. The predicted octanol–water partition coefficient (Wildman–Crippen LogP) is 10.0. The molecule has 0 fully saturated rings. The Bertz CT molecular complexity index is 1990. The van der Waals surface area contributed by atoms with Gasteiger partial charge in [0.1, 0.15) is 0 Å². The van der Waals surface area contributed by atoms with Gasteiger partial charge in [-0.2, -0.15) is 0 Å². The zero-order valence-corrected chi connectivity index (χ0v) is 35.6. The molecular weight excluding hydrogens is 695 g/mol. The van der Waals surface area contributed by atoms with Crippen LogP contribution in [0, 0.1) is 0 Å². The number of hydrogen-bond donors (Lipinski definition) is 3. The summed E-state index contributed by atoms with van der Waals surface area (Å²) in [7, 11) is 0. The molecular formula is C53H67N3O. The van der Waals surface area contributed by atoms with E-state index in [1.54, 1.807) is 22.3 Å². The number of nitrogens with two attached hydrogens (primary N) is 1. The third kappa shape index (κ3) is 10.7. The predicted molar refractivity (Wildman–Crippen MR) is 241 cm³/mol. The van der Waals surface area contributed by atoms with Crippen molar-refractivity contribution >= 4 is 5.91 Å². The van der Waals surface area contributed by atoms with Crippen molar-refractivity contribution in [2.24, 2.45) is 5.73 Å². The third-order valence-corrected chi connectivity index (χ3v) is 12.5. The molecule has 3 aliphatic rings. The minimum Gasteiger partial charge on any atom is -0.349 e. The molecule has 4 nitrogen and oxygen atoms in total. The van der Waals surface area contributed by atoms with Crippen LogP contribution in [0.3, 0.4) is 0 Å². The number of hydrogen-bond acceptors (Lipinski definition) is 3. The molecule has 0 spiro atoms. The van der Waals surface area contributed by atoms with Crippen molar-refractivity contribution in [3.63, 3.8) is 0 Å². The van der Waals surface area contributed by atoms with Gasteiger partial charge in [0.05, 0.1) is 0 Å². The molecule has 0 saturated carbocycles. The SMILES string of the molecule is CCc1cc2c(cc1CC)CC(N)C2.CCc1cc2c(cc1CC)CC(NC(=O)c1ccccc1)C2.CCc1cc2c(cc1CC)CC(NCc1ccccc1)C2. The molecule has 0 heterocycles. The van der Waals surface area contributed by atoms with Crippen LogP contribution in [-0.4, -0.2) is 24.0 Å². The molecule has 0 saturated heterocycles. The summed E-state index contributed by atoms with van der Waals surface area (Å²) in [6, 6.07) is 35.7. The number of carbonyl (C=O) groups excluding carboxylic acids is 1. The van der Waals surface area contributed by atoms with Gasteiger partial charge < -0.3 is 16.4 Å². The zero-order chi connectivity index (χ0) is 40.3. The lowest BCUT2D eigenvalue weighted by molar-refractivity contribution is 0.0938. The second-order valence-electron chi connectivity index (χ2n) is 16.4. The monoisotopic (exact) mass is 762 g/mol. The van der Waals surface area contributed by atoms with E-state index in [1.807, 2.05) is 30.3 Å². The molecule has 5 aromatic carbocycles. The summed E-state index contributed by atoms with van der Waals surface area (Å²) >= 11 is 0. The normalized spacial score (nSPS) is 14.6. The Hall–Kier alpha value is -4.51. The summed E-state index contributed by atoms with van der Waals surface area (Å²) in [6.07, 6.45) is 13.2. The van der Waals surface area contributed by atoms with Crippen molar-refractivity contribution in [3.8, 4) is 0 Å². The van der Waals surface area contributed by atoms with Crippen LogP contribution < -0.4 is 16.4 Å². The maximum Gasteiger partial charge on any atom is 0.251 e. The molecule has 0 aromatic heterocycles. The third-order valence-electron chi connectivity index (χ3n) is 12.5. The maximum absolute atomic E-state index is 12.3. The molecule has 0 bridgehead atoms. The first kappa shape index (κ1) is 42.1. The first-order chi connectivity index (χ1) is 27.7. The number of nitrogens with one attached hydrogen (secondary N) is 2. The van der Waals surface area contributed by atoms with Crippen molar-refractivity contribution in [3.05, 3.63) is 175 Å². The Kier molecular flexibility index (Phi) is 15.0. The van der Waals surface area contributed by atoms with Crippen LogP contribution in [0.25, 0.3) is 0 Å². The van der Waals surface area contributed by atoms with Gasteiger partial charge in [-0.1, -0.05) is 126 Å². The summed E-state index contributed by atoms with van der Waals surface area (Å²) in [5, 5.41) is 6.90. The minimum absolute atomic E-state index is 0.0323. The van der Waals surface area contributed by atoms with E-state index in [9.17, 15) is 4.79 Å². The number of aryl methyl sites for hydroxylation is 6. The fourth-order valence-corrected chi connectivity index (χ4v) is 9.30. The van der Waals surface area contributed by atoms with E-state index < -0.39 is 0 Å². The first-order valence-corrected chi connectivity index (χ1v) is 22.0. The number of fused-ring (bicyclic) bond motifs is 3. The fraction of sp³-hybridized carbons (Fsp3) is 0.415. The highest BCUT2D eigenvalue weighted by Crippen LogP contribution is 2.29. The molecule has 0 atom stereocenters. The Morgan fingerprint density at radius 2 is 0.825 bits per heavy atom. The van der Waals surface area contributed by atoms with Crippen molar-refractivity contribution in [2.75, 3.05) is 0 Å². The highest BCUT2D eigenvalue weighted by Gasteiger charge is 2.25. The van der Waals surface area contributed by atoms with Crippen LogP contribution in [0.2, 0.25) is 0 Å². The fourth-order valence-electron chi connectivity index (χ4n) is 9.30. The van der Waals surface area contributed by atoms with Crippen LogP contribution in [0.5, 0.6) is 0 Å². The lowest BCUT2D eigenvalue weighted by Crippen LogP contribution is -2.35. The standard InChI is InChI=1S/C20H23NO.C20H25N.C13H19N/c1-3-14-10-17-12-19(13-18(17)11-15(14)4-2)21-20(22)16-8-6-5-7-9-16;1-3-16-10-18-12-20(13-19(18)11-17(16)4-2)21-14-15-8-6-5-7-9-15;1-3-9-5-11-7-13(14)8-12(11)6-10(9)4-2/h5-11,19H,3-4,12-13H2,1-2H3,(H,21,22);5-11,20-21H,3-4,12-14H2,1-2H3;5-6,13H,3-4,7-8,14H2,1-2H3. The average Bonchev–Trinajstić information content (AvgIpc) is 3.96. The van der Waals surface area contributed by atoms with E-state index in [2.05, 4.69) is 119 Å². The van der Waals surface area contributed by atoms with Crippen LogP contribution in [-0.2, 0) is 83.6 Å². The van der Waals surface area contributed by atoms with Crippen molar-refractivity contribution < 1.29 is 4.79 Å². The molecule has 8 rings (SSSR count). The van der Waals surface area contributed by atoms with Gasteiger partial charge in [0, 0.05) is 30.2 Å². The summed E-state index contributed by atoms with van der Waals surface area (Å²) in [5.74, 6) is 0.0323. The van der Waals surface area contributed by atoms with E-state index in [0.29, 0.717) is 12.1 Å². The molecule has 300 valence electrons. The molecule has 57 heavy (non-hydrogen) atoms. The molecule has 0 radical (unpaired) electrons. The molecule has 0 unspecified atom stereocenters. The smallest absolute Gasteiger partial charge is 0.251 e. The highest BCUT2D eigenvalue weighted by atomic mass is 16.1. The van der Waals surface area contributed by atoms with E-state index >= 15 is 0 Å². The van der Waals surface area contributed by atoms with Crippen molar-refractivity contribution in [1.29, 1.82) is 0 Å². The second kappa shape index (κ2) is 20.3. The minimum atomic E-state index is 0.0323. The van der Waals surface area contributed by atoms with Gasteiger partial charge in [-0.05, 0) is 162 Å². The van der Waals surface area contributed by atoms with E-state index in [1.165, 1.54) is 62.9 Å². The quantitative estimate of drug-likeness (QED) is 0.126. The van der Waals surface area contributed by atoms with Gasteiger partial charge in [-0.15, -0.1) is 0 Å². The topological polar surface area (TPSA) is 67.1 Å². The van der Waals surface area contributed by atoms with Crippen LogP contribution in [0.15, 0.2) is 97.1 Å². The van der Waals surface area contributed by atoms with Gasteiger partial charge in [0.25, 0.3) is 5.91 Å². The van der Waals surface area contributed by atoms with Gasteiger partial charge >= 0.3 is 0 Å². The molecule has 3 aliphatic carbocycles. The Morgan fingerprint density at radius 3 is 1.19 bits per heavy atom. The summed E-state index contributed by atoms with van der Waals surface area (Å²) in [4.78, 5) is 12.3. The second-order valence-corrected chi connectivity index (χ2v) is 16.4. The largest absolute Gasteiger partial charge is 0.349 e. The molecule has 4 heteroatoms. The molecule has 5 aromatic rings. The van der Waals surface area contributed by atoms with Gasteiger partial charge in [-0.25, -0.2) is 0 Å². The molecule has 1 amide bonds. The Morgan fingerprint density at radius 1 is 0.491 bits per heavy atom.